The summed E-state index contributed by atoms with van der Waals surface area (Å²) >= 11 is 5.36. The number of nitrogens with one attached hydrogen (secondary N) is 2. The van der Waals surface area contributed by atoms with Crippen molar-refractivity contribution in [1.29, 1.82) is 0 Å². The van der Waals surface area contributed by atoms with Gasteiger partial charge >= 0.3 is 23.9 Å². The first-order chi connectivity index (χ1) is 15.6. The van der Waals surface area contributed by atoms with Gasteiger partial charge in [0.1, 0.15) is 18.8 Å². The number of para-hydroxylation sites is 1. The van der Waals surface area contributed by atoms with E-state index in [-0.39, 0.29) is 11.7 Å². The Morgan fingerprint density at radius 2 is 1.45 bits per heavy atom. The summed E-state index contributed by atoms with van der Waals surface area (Å²) in [6.45, 7) is 4.34. The van der Waals surface area contributed by atoms with Gasteiger partial charge in [-0.2, -0.15) is 0 Å². The minimum Gasteiger partial charge on any atom is -0.463 e. The van der Waals surface area contributed by atoms with Gasteiger partial charge in [0.05, 0.1) is 0 Å². The number of carbonyl (C=O) groups excluding carboxylic acids is 4. The molecule has 1 aromatic carbocycles. The first-order valence-electron chi connectivity index (χ1n) is 10.00. The zero-order valence-corrected chi connectivity index (χ0v) is 19.4. The Labute approximate surface area is 196 Å². The number of hydrogen-bond donors (Lipinski definition) is 2. The lowest BCUT2D eigenvalue weighted by atomic mass is 9.96. The summed E-state index contributed by atoms with van der Waals surface area (Å²) in [5.41, 5.74) is 0.670. The van der Waals surface area contributed by atoms with Gasteiger partial charge in [-0.05, 0) is 24.4 Å². The molecular formula is C21H26N2O9S. The molecule has 0 aliphatic carbocycles. The zero-order valence-electron chi connectivity index (χ0n) is 18.6. The van der Waals surface area contributed by atoms with Crippen LogP contribution in [0.1, 0.15) is 27.7 Å². The number of rotatable bonds is 7. The fourth-order valence-corrected chi connectivity index (χ4v) is 3.41. The van der Waals surface area contributed by atoms with Crippen molar-refractivity contribution in [1.82, 2.24) is 5.32 Å². The summed E-state index contributed by atoms with van der Waals surface area (Å²) in [6, 6.07) is 7.91. The molecule has 0 bridgehead atoms. The van der Waals surface area contributed by atoms with Gasteiger partial charge in [-0.15, -0.1) is 0 Å². The van der Waals surface area contributed by atoms with Crippen LogP contribution in [0.3, 0.4) is 0 Å². The molecule has 12 heteroatoms. The molecule has 1 aliphatic heterocycles. The van der Waals surface area contributed by atoms with Crippen LogP contribution in [0.4, 0.5) is 5.69 Å². The summed E-state index contributed by atoms with van der Waals surface area (Å²) in [5.74, 6) is -2.68. The first kappa shape index (κ1) is 26.0. The molecule has 0 spiro atoms. The normalized spacial score (nSPS) is 24.1. The largest absolute Gasteiger partial charge is 0.463 e. The number of anilines is 1. The van der Waals surface area contributed by atoms with E-state index in [1.165, 1.54) is 20.8 Å². The highest BCUT2D eigenvalue weighted by molar-refractivity contribution is 7.80. The zero-order chi connectivity index (χ0) is 24.5. The Hall–Kier alpha value is -3.25. The molecule has 1 fully saturated rings. The first-order valence-corrected chi connectivity index (χ1v) is 10.4. The van der Waals surface area contributed by atoms with Gasteiger partial charge < -0.3 is 34.3 Å². The number of carbonyl (C=O) groups is 4. The molecule has 1 saturated heterocycles. The van der Waals surface area contributed by atoms with Gasteiger partial charge in [-0.25, -0.2) is 0 Å². The van der Waals surface area contributed by atoms with Gasteiger partial charge in [0, 0.05) is 33.4 Å². The van der Waals surface area contributed by atoms with E-state index in [0.717, 1.165) is 6.92 Å². The highest BCUT2D eigenvalue weighted by Gasteiger charge is 2.52. The molecule has 180 valence electrons. The lowest BCUT2D eigenvalue weighted by Gasteiger charge is -2.44. The Balaban J connectivity index is 2.37. The molecule has 0 unspecified atom stereocenters. The van der Waals surface area contributed by atoms with Gasteiger partial charge in [0.25, 0.3) is 0 Å². The van der Waals surface area contributed by atoms with Crippen molar-refractivity contribution in [3.05, 3.63) is 30.3 Å². The summed E-state index contributed by atoms with van der Waals surface area (Å²) < 4.78 is 26.9. The van der Waals surface area contributed by atoms with Crippen LogP contribution in [-0.4, -0.2) is 66.2 Å². The Morgan fingerprint density at radius 1 is 0.879 bits per heavy atom. The van der Waals surface area contributed by atoms with Crippen molar-refractivity contribution in [3.63, 3.8) is 0 Å². The third-order valence-corrected chi connectivity index (χ3v) is 4.53. The van der Waals surface area contributed by atoms with Crippen LogP contribution >= 0.6 is 12.2 Å². The molecule has 1 heterocycles. The number of ether oxygens (including phenoxy) is 5. The lowest BCUT2D eigenvalue weighted by Crippen LogP contribution is -2.67. The molecule has 11 nitrogen and oxygen atoms in total. The number of esters is 4. The fourth-order valence-electron chi connectivity index (χ4n) is 3.16. The van der Waals surface area contributed by atoms with Crippen LogP contribution in [0.25, 0.3) is 0 Å². The van der Waals surface area contributed by atoms with E-state index in [9.17, 15) is 19.2 Å². The maximum absolute atomic E-state index is 11.9. The second-order valence-corrected chi connectivity index (χ2v) is 7.50. The van der Waals surface area contributed by atoms with Crippen LogP contribution in [0, 0.1) is 0 Å². The fraction of sp³-hybridized carbons (Fsp3) is 0.476. The monoisotopic (exact) mass is 482 g/mol. The maximum Gasteiger partial charge on any atom is 0.305 e. The molecule has 33 heavy (non-hydrogen) atoms. The number of hydrogen-bond acceptors (Lipinski definition) is 10. The third-order valence-electron chi connectivity index (χ3n) is 4.31. The highest BCUT2D eigenvalue weighted by atomic mass is 32.1. The second kappa shape index (κ2) is 12.1. The average Bonchev–Trinajstić information content (AvgIpc) is 2.70. The van der Waals surface area contributed by atoms with Crippen molar-refractivity contribution in [2.24, 2.45) is 0 Å². The minimum atomic E-state index is -1.32. The SMILES string of the molecule is CC(=O)OC[C@H]1O[C@@H](OC(C)=O)[C@H](NC(=S)Nc2ccccc2)[C@@H](OC(C)=O)[C@@H]1OC(C)=O. The average molecular weight is 483 g/mol. The van der Waals surface area contributed by atoms with Crippen molar-refractivity contribution in [3.8, 4) is 0 Å². The van der Waals surface area contributed by atoms with Crippen LogP contribution in [-0.2, 0) is 42.9 Å². The molecule has 0 aromatic heterocycles. The molecule has 5 atom stereocenters. The topological polar surface area (TPSA) is 138 Å². The predicted octanol–water partition coefficient (Wildman–Crippen LogP) is 1.06. The second-order valence-electron chi connectivity index (χ2n) is 7.09. The van der Waals surface area contributed by atoms with Crippen LogP contribution in [0.15, 0.2) is 30.3 Å². The molecule has 2 N–H and O–H groups in total. The standard InChI is InChI=1S/C21H26N2O9S/c1-11(24)28-10-16-18(29-12(2)25)19(30-13(3)26)17(20(32-16)31-14(4)27)23-21(33)22-15-8-6-5-7-9-15/h5-9,16-20H,10H2,1-4H3,(H2,22,23,33)/t16-,17-,18-,19-,20-/m1/s1. The van der Waals surface area contributed by atoms with E-state index < -0.39 is 54.5 Å². The van der Waals surface area contributed by atoms with Gasteiger partial charge in [-0.3, -0.25) is 19.2 Å². The summed E-state index contributed by atoms with van der Waals surface area (Å²) in [5, 5.41) is 5.96. The Bertz CT molecular complexity index is 880. The van der Waals surface area contributed by atoms with Crippen molar-refractivity contribution >= 4 is 46.9 Å². The minimum absolute atomic E-state index is 0.101. The third kappa shape index (κ3) is 8.31. The number of benzene rings is 1. The highest BCUT2D eigenvalue weighted by Crippen LogP contribution is 2.28. The molecular weight excluding hydrogens is 456 g/mol. The molecule has 2 rings (SSSR count). The van der Waals surface area contributed by atoms with Gasteiger partial charge in [0.2, 0.25) is 6.29 Å². The summed E-state index contributed by atoms with van der Waals surface area (Å²) in [4.78, 5) is 46.7. The molecule has 1 aromatic rings. The van der Waals surface area contributed by atoms with E-state index in [1.807, 2.05) is 6.07 Å². The van der Waals surface area contributed by atoms with Gasteiger partial charge in [0.15, 0.2) is 17.3 Å². The van der Waals surface area contributed by atoms with E-state index in [0.29, 0.717) is 5.69 Å². The lowest BCUT2D eigenvalue weighted by molar-refractivity contribution is -0.269. The number of thiocarbonyl (C=S) groups is 1. The van der Waals surface area contributed by atoms with Crippen molar-refractivity contribution < 1.29 is 42.9 Å². The van der Waals surface area contributed by atoms with E-state index in [1.54, 1.807) is 24.3 Å². The maximum atomic E-state index is 11.9. The summed E-state index contributed by atoms with van der Waals surface area (Å²) in [6.07, 6.45) is -4.83. The quantitative estimate of drug-likeness (QED) is 0.326. The molecule has 1 aliphatic rings. The molecule has 0 radical (unpaired) electrons. The van der Waals surface area contributed by atoms with Crippen LogP contribution in [0.5, 0.6) is 0 Å². The predicted molar refractivity (Wildman–Crippen MR) is 118 cm³/mol. The molecule has 0 saturated carbocycles. The molecule has 0 amide bonds. The van der Waals surface area contributed by atoms with E-state index in [2.05, 4.69) is 10.6 Å². The van der Waals surface area contributed by atoms with E-state index >= 15 is 0 Å². The van der Waals surface area contributed by atoms with Crippen LogP contribution in [0.2, 0.25) is 0 Å². The Kier molecular flexibility index (Phi) is 9.55. The summed E-state index contributed by atoms with van der Waals surface area (Å²) in [7, 11) is 0. The van der Waals surface area contributed by atoms with Crippen molar-refractivity contribution in [2.75, 3.05) is 11.9 Å². The van der Waals surface area contributed by atoms with Crippen LogP contribution < -0.4 is 10.6 Å². The smallest absolute Gasteiger partial charge is 0.305 e. The van der Waals surface area contributed by atoms with Gasteiger partial charge in [-0.1, -0.05) is 18.2 Å². The Morgan fingerprint density at radius 3 is 2.00 bits per heavy atom. The van der Waals surface area contributed by atoms with E-state index in [4.69, 9.17) is 35.9 Å². The van der Waals surface area contributed by atoms with Crippen molar-refractivity contribution in [2.45, 2.75) is 58.3 Å².